The van der Waals surface area contributed by atoms with Crippen molar-refractivity contribution >= 4 is 27.2 Å². The van der Waals surface area contributed by atoms with Gasteiger partial charge in [0.05, 0.1) is 18.2 Å². The summed E-state index contributed by atoms with van der Waals surface area (Å²) in [5, 5.41) is 15.1. The van der Waals surface area contributed by atoms with E-state index in [4.69, 9.17) is 21.5 Å². The fourth-order valence-electron chi connectivity index (χ4n) is 8.85. The molecule has 5 heteroatoms. The zero-order valence-electron chi connectivity index (χ0n) is 35.6. The second-order valence-corrected chi connectivity index (χ2v) is 16.2. The maximum Gasteiger partial charge on any atom is 0.202 e. The van der Waals surface area contributed by atoms with Gasteiger partial charge in [0.25, 0.3) is 0 Å². The summed E-state index contributed by atoms with van der Waals surface area (Å²) in [6.07, 6.45) is 0. The summed E-state index contributed by atoms with van der Waals surface area (Å²) in [6, 6.07) is 78.7. The number of rotatable bonds is 8. The molecule has 0 unspecified atom stereocenters. The van der Waals surface area contributed by atoms with E-state index in [9.17, 15) is 5.26 Å². The molecule has 66 heavy (non-hydrogen) atoms. The highest BCUT2D eigenvalue weighted by Crippen LogP contribution is 2.41. The molecule has 0 radical (unpaired) electrons. The van der Waals surface area contributed by atoms with Crippen LogP contribution in [-0.4, -0.2) is 15.0 Å². The molecule has 5 nitrogen and oxygen atoms in total. The zero-order chi connectivity index (χ0) is 44.4. The Morgan fingerprint density at radius 2 is 0.788 bits per heavy atom. The van der Waals surface area contributed by atoms with Crippen LogP contribution in [0.1, 0.15) is 5.56 Å². The molecule has 0 saturated heterocycles. The smallest absolute Gasteiger partial charge is 0.202 e. The molecule has 306 valence electrons. The topological polar surface area (TPSA) is 66.8 Å². The van der Waals surface area contributed by atoms with E-state index in [1.165, 1.54) is 21.5 Å². The first-order valence-electron chi connectivity index (χ1n) is 21.8. The third-order valence-corrected chi connectivity index (χ3v) is 12.2. The monoisotopic (exact) mass is 839 g/mol. The van der Waals surface area contributed by atoms with Crippen LogP contribution in [0.3, 0.4) is 0 Å². The van der Waals surface area contributed by atoms with Gasteiger partial charge in [-0.15, -0.1) is 0 Å². The molecule has 0 N–H and O–H groups in total. The first-order valence-corrected chi connectivity index (χ1v) is 21.8. The Morgan fingerprint density at radius 3 is 1.48 bits per heavy atom. The number of nitriles is 1. The summed E-state index contributed by atoms with van der Waals surface area (Å²) in [7, 11) is 0. The van der Waals surface area contributed by atoms with Crippen LogP contribution in [0.5, 0.6) is 0 Å². The standard InChI is InChI=1S/C61H37N5/c1-63-58-55(43-27-25-40(26-28-43)48-32-31-44-30-29-42-15-8-9-22-54(42)57(44)38-48)23-12-24-56(58)49-20-10-18-46(35-49)47-19-11-21-50(36-47)60-64-59(45-16-6-3-7-17-45)65-61(66-60)51-33-34-53(52(37-51)39-62)41-13-4-2-5-14-41/h2-38H. The largest absolute Gasteiger partial charge is 0.237 e. The number of fused-ring (bicyclic) bond motifs is 3. The summed E-state index contributed by atoms with van der Waals surface area (Å²) in [5.74, 6) is 1.54. The minimum Gasteiger partial charge on any atom is -0.237 e. The summed E-state index contributed by atoms with van der Waals surface area (Å²) < 4.78 is 0. The number of aromatic nitrogens is 3. The lowest BCUT2D eigenvalue weighted by Gasteiger charge is -2.13. The van der Waals surface area contributed by atoms with Crippen LogP contribution in [0.2, 0.25) is 0 Å². The predicted molar refractivity (Wildman–Crippen MR) is 269 cm³/mol. The van der Waals surface area contributed by atoms with Gasteiger partial charge >= 0.3 is 0 Å². The predicted octanol–water partition coefficient (Wildman–Crippen LogP) is 15.9. The van der Waals surface area contributed by atoms with Gasteiger partial charge in [0.1, 0.15) is 0 Å². The lowest BCUT2D eigenvalue weighted by molar-refractivity contribution is 1.07. The van der Waals surface area contributed by atoms with E-state index >= 15 is 0 Å². The maximum absolute atomic E-state index is 10.2. The Kier molecular flexibility index (Phi) is 10.3. The Balaban J connectivity index is 0.923. The molecule has 0 aliphatic heterocycles. The van der Waals surface area contributed by atoms with Gasteiger partial charge < -0.3 is 0 Å². The molecule has 0 atom stereocenters. The van der Waals surface area contributed by atoms with E-state index in [0.29, 0.717) is 28.7 Å². The molecule has 1 heterocycles. The van der Waals surface area contributed by atoms with Crippen molar-refractivity contribution in [2.45, 2.75) is 0 Å². The second-order valence-electron chi connectivity index (χ2n) is 16.2. The summed E-state index contributed by atoms with van der Waals surface area (Å²) in [6.45, 7) is 8.41. The van der Waals surface area contributed by atoms with Crippen LogP contribution >= 0.6 is 0 Å². The average Bonchev–Trinajstić information content (AvgIpc) is 3.40. The number of para-hydroxylation sites is 1. The molecule has 0 saturated carbocycles. The third kappa shape index (κ3) is 7.54. The third-order valence-electron chi connectivity index (χ3n) is 12.2. The minimum absolute atomic E-state index is 0.478. The van der Waals surface area contributed by atoms with Crippen molar-refractivity contribution in [3.05, 3.63) is 241 Å². The van der Waals surface area contributed by atoms with Gasteiger partial charge in [-0.1, -0.05) is 200 Å². The van der Waals surface area contributed by atoms with E-state index in [2.05, 4.69) is 120 Å². The molecule has 0 aliphatic rings. The van der Waals surface area contributed by atoms with Crippen molar-refractivity contribution in [3.63, 3.8) is 0 Å². The van der Waals surface area contributed by atoms with Gasteiger partial charge in [-0.25, -0.2) is 19.8 Å². The van der Waals surface area contributed by atoms with Crippen LogP contribution in [0.4, 0.5) is 5.69 Å². The van der Waals surface area contributed by atoms with Gasteiger partial charge in [0, 0.05) is 16.7 Å². The van der Waals surface area contributed by atoms with E-state index in [1.807, 2.05) is 115 Å². The first kappa shape index (κ1) is 39.5. The maximum atomic E-state index is 10.2. The van der Waals surface area contributed by atoms with E-state index in [-0.39, 0.29) is 0 Å². The Hall–Kier alpha value is -9.29. The molecule has 11 aromatic rings. The van der Waals surface area contributed by atoms with Gasteiger partial charge in [0.2, 0.25) is 5.69 Å². The van der Waals surface area contributed by atoms with E-state index < -0.39 is 0 Å². The summed E-state index contributed by atoms with van der Waals surface area (Å²) >= 11 is 0. The van der Waals surface area contributed by atoms with Crippen LogP contribution in [0, 0.1) is 17.9 Å². The van der Waals surface area contributed by atoms with Crippen molar-refractivity contribution in [2.75, 3.05) is 0 Å². The number of benzene rings is 10. The molecule has 0 bridgehead atoms. The van der Waals surface area contributed by atoms with Crippen molar-refractivity contribution < 1.29 is 0 Å². The number of hydrogen-bond acceptors (Lipinski definition) is 4. The van der Waals surface area contributed by atoms with Crippen molar-refractivity contribution in [3.8, 4) is 95.9 Å². The molecule has 0 spiro atoms. The van der Waals surface area contributed by atoms with E-state index in [0.717, 1.165) is 72.3 Å². The van der Waals surface area contributed by atoms with E-state index in [1.54, 1.807) is 0 Å². The second kappa shape index (κ2) is 17.1. The summed E-state index contributed by atoms with van der Waals surface area (Å²) in [4.78, 5) is 19.1. The molecule has 1 aromatic heterocycles. The van der Waals surface area contributed by atoms with Crippen molar-refractivity contribution in [2.24, 2.45) is 0 Å². The fraction of sp³-hybridized carbons (Fsp3) is 0. The zero-order valence-corrected chi connectivity index (χ0v) is 35.6. The van der Waals surface area contributed by atoms with Gasteiger partial charge in [-0.05, 0) is 101 Å². The average molecular weight is 840 g/mol. The van der Waals surface area contributed by atoms with Gasteiger partial charge in [0.15, 0.2) is 17.5 Å². The Bertz CT molecular complexity index is 3710. The number of hydrogen-bond donors (Lipinski definition) is 0. The van der Waals surface area contributed by atoms with Gasteiger partial charge in [-0.3, -0.25) is 0 Å². The molecule has 0 fully saturated rings. The van der Waals surface area contributed by atoms with Crippen molar-refractivity contribution in [1.29, 1.82) is 5.26 Å². The minimum atomic E-state index is 0.478. The molecule has 11 rings (SSSR count). The molecular formula is C61H37N5. The highest BCUT2D eigenvalue weighted by atomic mass is 15.0. The normalized spacial score (nSPS) is 11.0. The van der Waals surface area contributed by atoms with Crippen LogP contribution in [0.15, 0.2) is 224 Å². The first-order chi connectivity index (χ1) is 32.6. The SMILES string of the molecule is [C-]#[N+]c1c(-c2ccc(-c3ccc4ccc5ccccc5c4c3)cc2)cccc1-c1cccc(-c2cccc(-c3nc(-c4ccccc4)nc(-c4ccc(-c5ccccc5)c(C#N)c4)n3)c2)c1. The van der Waals surface area contributed by atoms with Crippen LogP contribution < -0.4 is 0 Å². The highest BCUT2D eigenvalue weighted by molar-refractivity contribution is 6.08. The van der Waals surface area contributed by atoms with Crippen molar-refractivity contribution in [1.82, 2.24) is 15.0 Å². The molecular weight excluding hydrogens is 803 g/mol. The molecule has 0 aliphatic carbocycles. The Morgan fingerprint density at radius 1 is 0.333 bits per heavy atom. The lowest BCUT2D eigenvalue weighted by Crippen LogP contribution is -2.00. The fourth-order valence-corrected chi connectivity index (χ4v) is 8.85. The number of nitrogens with zero attached hydrogens (tertiary/aromatic N) is 5. The van der Waals surface area contributed by atoms with Crippen LogP contribution in [0.25, 0.3) is 116 Å². The quantitative estimate of drug-likeness (QED) is 0.113. The molecule has 10 aromatic carbocycles. The lowest BCUT2D eigenvalue weighted by atomic mass is 9.92. The Labute approximate surface area is 383 Å². The summed E-state index contributed by atoms with van der Waals surface area (Å²) in [5.41, 5.74) is 13.3. The van der Waals surface area contributed by atoms with Gasteiger partial charge in [-0.2, -0.15) is 5.26 Å². The highest BCUT2D eigenvalue weighted by Gasteiger charge is 2.17. The molecule has 0 amide bonds. The van der Waals surface area contributed by atoms with Crippen LogP contribution in [-0.2, 0) is 0 Å².